The summed E-state index contributed by atoms with van der Waals surface area (Å²) in [6.45, 7) is 4.57. The Morgan fingerprint density at radius 2 is 2.00 bits per heavy atom. The Kier molecular flexibility index (Phi) is 5.83. The standard InChI is InChI=1S/C19H17ClN4O2S/c1-3-23-18(15-5-4-6-17(11-15)24(25)26)12-27-19(23)22-21-13(2)14-7-9-16(20)10-8-14/h4-12H,3H2,1-2H3/b21-13-,22-19-. The quantitative estimate of drug-likeness (QED) is 0.338. The molecule has 0 atom stereocenters. The summed E-state index contributed by atoms with van der Waals surface area (Å²) in [5, 5.41) is 22.4. The molecule has 0 aliphatic carbocycles. The predicted molar refractivity (Wildman–Crippen MR) is 109 cm³/mol. The third-order valence-electron chi connectivity index (χ3n) is 4.01. The minimum absolute atomic E-state index is 0.0662. The van der Waals surface area contributed by atoms with E-state index in [1.54, 1.807) is 12.1 Å². The van der Waals surface area contributed by atoms with Gasteiger partial charge in [-0.1, -0.05) is 35.9 Å². The van der Waals surface area contributed by atoms with Gasteiger partial charge in [0.1, 0.15) is 0 Å². The molecule has 0 fully saturated rings. The lowest BCUT2D eigenvalue weighted by Crippen LogP contribution is -2.14. The third kappa shape index (κ3) is 4.32. The molecule has 0 N–H and O–H groups in total. The number of nitrogens with zero attached hydrogens (tertiary/aromatic N) is 4. The van der Waals surface area contributed by atoms with Crippen LogP contribution in [0.15, 0.2) is 64.1 Å². The highest BCUT2D eigenvalue weighted by Gasteiger charge is 2.11. The van der Waals surface area contributed by atoms with E-state index >= 15 is 0 Å². The lowest BCUT2D eigenvalue weighted by molar-refractivity contribution is -0.384. The second kappa shape index (κ2) is 8.28. The summed E-state index contributed by atoms with van der Waals surface area (Å²) in [5.74, 6) is 0. The van der Waals surface area contributed by atoms with E-state index in [0.717, 1.165) is 27.3 Å². The van der Waals surface area contributed by atoms with Crippen LogP contribution >= 0.6 is 22.9 Å². The van der Waals surface area contributed by atoms with Gasteiger partial charge < -0.3 is 4.57 Å². The summed E-state index contributed by atoms with van der Waals surface area (Å²) < 4.78 is 1.99. The van der Waals surface area contributed by atoms with Gasteiger partial charge in [-0.05, 0) is 31.5 Å². The first-order chi connectivity index (χ1) is 13.0. The minimum atomic E-state index is -0.392. The number of rotatable bonds is 5. The van der Waals surface area contributed by atoms with Gasteiger partial charge >= 0.3 is 0 Å². The van der Waals surface area contributed by atoms with Crippen molar-refractivity contribution < 1.29 is 4.92 Å². The summed E-state index contributed by atoms with van der Waals surface area (Å²) in [7, 11) is 0. The van der Waals surface area contributed by atoms with Crippen LogP contribution in [0.4, 0.5) is 5.69 Å². The number of aromatic nitrogens is 1. The fraction of sp³-hybridized carbons (Fsp3) is 0.158. The molecule has 8 heteroatoms. The van der Waals surface area contributed by atoms with Crippen LogP contribution in [-0.2, 0) is 6.54 Å². The minimum Gasteiger partial charge on any atom is -0.315 e. The number of hydrogen-bond acceptors (Lipinski definition) is 5. The molecule has 0 saturated heterocycles. The summed E-state index contributed by atoms with van der Waals surface area (Å²) in [6, 6.07) is 14.0. The zero-order valence-electron chi connectivity index (χ0n) is 14.8. The molecule has 27 heavy (non-hydrogen) atoms. The van der Waals surface area contributed by atoms with Crippen molar-refractivity contribution in [2.75, 3.05) is 0 Å². The van der Waals surface area contributed by atoms with E-state index < -0.39 is 4.92 Å². The second-order valence-corrected chi connectivity index (χ2v) is 7.02. The van der Waals surface area contributed by atoms with Gasteiger partial charge in [0, 0.05) is 34.6 Å². The van der Waals surface area contributed by atoms with Crippen molar-refractivity contribution in [2.24, 2.45) is 10.2 Å². The highest BCUT2D eigenvalue weighted by Crippen LogP contribution is 2.24. The lowest BCUT2D eigenvalue weighted by atomic mass is 10.1. The van der Waals surface area contributed by atoms with Gasteiger partial charge in [-0.3, -0.25) is 10.1 Å². The number of non-ortho nitro benzene ring substituents is 1. The molecule has 0 aliphatic rings. The molecule has 2 aromatic carbocycles. The smallest absolute Gasteiger partial charge is 0.270 e. The van der Waals surface area contributed by atoms with E-state index in [2.05, 4.69) is 10.2 Å². The number of nitro benzene ring substituents is 1. The Morgan fingerprint density at radius 1 is 1.26 bits per heavy atom. The fourth-order valence-corrected chi connectivity index (χ4v) is 3.64. The van der Waals surface area contributed by atoms with E-state index in [-0.39, 0.29) is 5.69 Å². The van der Waals surface area contributed by atoms with Crippen molar-refractivity contribution >= 4 is 34.3 Å². The first-order valence-corrected chi connectivity index (χ1v) is 9.52. The van der Waals surface area contributed by atoms with E-state index in [1.165, 1.54) is 17.4 Å². The van der Waals surface area contributed by atoms with Gasteiger partial charge in [-0.25, -0.2) is 0 Å². The topological polar surface area (TPSA) is 72.8 Å². The van der Waals surface area contributed by atoms with Crippen LogP contribution in [0, 0.1) is 10.1 Å². The fourth-order valence-electron chi connectivity index (χ4n) is 2.59. The van der Waals surface area contributed by atoms with Gasteiger partial charge in [0.2, 0.25) is 4.80 Å². The maximum atomic E-state index is 11.0. The van der Waals surface area contributed by atoms with E-state index in [4.69, 9.17) is 11.6 Å². The monoisotopic (exact) mass is 400 g/mol. The van der Waals surface area contributed by atoms with Crippen molar-refractivity contribution in [2.45, 2.75) is 20.4 Å². The highest BCUT2D eigenvalue weighted by atomic mass is 35.5. The van der Waals surface area contributed by atoms with E-state index in [0.29, 0.717) is 11.6 Å². The molecule has 1 heterocycles. The molecule has 0 spiro atoms. The number of halogens is 1. The molecule has 0 bridgehead atoms. The first-order valence-electron chi connectivity index (χ1n) is 8.27. The third-order valence-corrected chi connectivity index (χ3v) is 5.12. The highest BCUT2D eigenvalue weighted by molar-refractivity contribution is 7.07. The van der Waals surface area contributed by atoms with Crippen molar-refractivity contribution in [3.8, 4) is 11.3 Å². The molecule has 6 nitrogen and oxygen atoms in total. The molecular formula is C19H17ClN4O2S. The molecule has 3 rings (SSSR count). The first kappa shape index (κ1) is 19.0. The summed E-state index contributed by atoms with van der Waals surface area (Å²) >= 11 is 7.36. The lowest BCUT2D eigenvalue weighted by Gasteiger charge is -2.05. The average molecular weight is 401 g/mol. The Bertz CT molecular complexity index is 1070. The summed E-state index contributed by atoms with van der Waals surface area (Å²) in [5.41, 5.74) is 3.45. The molecule has 3 aromatic rings. The Morgan fingerprint density at radius 3 is 2.67 bits per heavy atom. The van der Waals surface area contributed by atoms with Crippen LogP contribution in [0.2, 0.25) is 5.02 Å². The van der Waals surface area contributed by atoms with E-state index in [9.17, 15) is 10.1 Å². The van der Waals surface area contributed by atoms with Gasteiger partial charge in [0.25, 0.3) is 5.69 Å². The number of nitro groups is 1. The van der Waals surface area contributed by atoms with E-state index in [1.807, 2.05) is 54.1 Å². The van der Waals surface area contributed by atoms with Crippen molar-refractivity contribution in [3.05, 3.63) is 79.4 Å². The summed E-state index contributed by atoms with van der Waals surface area (Å²) in [6.07, 6.45) is 0. The molecule has 0 amide bonds. The molecule has 0 aliphatic heterocycles. The van der Waals surface area contributed by atoms with Crippen LogP contribution in [0.1, 0.15) is 19.4 Å². The number of benzene rings is 2. The molecular weight excluding hydrogens is 384 g/mol. The Balaban J connectivity index is 1.99. The normalized spacial score (nSPS) is 12.4. The Hall–Kier alpha value is -2.77. The van der Waals surface area contributed by atoms with Crippen molar-refractivity contribution in [3.63, 3.8) is 0 Å². The molecule has 1 aromatic heterocycles. The van der Waals surface area contributed by atoms with Gasteiger partial charge in [-0.2, -0.15) is 5.10 Å². The Labute approximate surface area is 165 Å². The zero-order chi connectivity index (χ0) is 19.4. The number of thiazole rings is 1. The second-order valence-electron chi connectivity index (χ2n) is 5.75. The molecule has 0 saturated carbocycles. The van der Waals surface area contributed by atoms with Crippen LogP contribution in [0.5, 0.6) is 0 Å². The van der Waals surface area contributed by atoms with Gasteiger partial charge in [0.05, 0.1) is 16.3 Å². The van der Waals surface area contributed by atoms with Gasteiger partial charge in [-0.15, -0.1) is 16.4 Å². The van der Waals surface area contributed by atoms with Crippen LogP contribution in [-0.4, -0.2) is 15.2 Å². The predicted octanol–water partition coefficient (Wildman–Crippen LogP) is 5.12. The maximum Gasteiger partial charge on any atom is 0.270 e. The van der Waals surface area contributed by atoms with Crippen LogP contribution < -0.4 is 4.80 Å². The molecule has 0 unspecified atom stereocenters. The van der Waals surface area contributed by atoms with Gasteiger partial charge in [0.15, 0.2) is 0 Å². The maximum absolute atomic E-state index is 11.0. The molecule has 138 valence electrons. The van der Waals surface area contributed by atoms with Crippen LogP contribution in [0.25, 0.3) is 11.3 Å². The average Bonchev–Trinajstić information content (AvgIpc) is 3.09. The molecule has 0 radical (unpaired) electrons. The number of hydrogen-bond donors (Lipinski definition) is 0. The van der Waals surface area contributed by atoms with Crippen molar-refractivity contribution in [1.29, 1.82) is 0 Å². The van der Waals surface area contributed by atoms with Crippen LogP contribution in [0.3, 0.4) is 0 Å². The largest absolute Gasteiger partial charge is 0.315 e. The van der Waals surface area contributed by atoms with Crippen molar-refractivity contribution in [1.82, 2.24) is 4.57 Å². The zero-order valence-corrected chi connectivity index (χ0v) is 16.4. The SMILES string of the molecule is CCn1c(-c2cccc([N+](=O)[O-])c2)cs/c1=N\N=C(\C)c1ccc(Cl)cc1. The summed E-state index contributed by atoms with van der Waals surface area (Å²) in [4.78, 5) is 11.4.